The predicted octanol–water partition coefficient (Wildman–Crippen LogP) is 6.73. The van der Waals surface area contributed by atoms with Gasteiger partial charge in [-0.25, -0.2) is 0 Å². The lowest BCUT2D eigenvalue weighted by Gasteiger charge is -2.32. The molecular weight excluding hydrogens is 415 g/mol. The van der Waals surface area contributed by atoms with Crippen molar-refractivity contribution in [2.45, 2.75) is 81.1 Å². The molecule has 1 aliphatic heterocycles. The highest BCUT2D eigenvalue weighted by molar-refractivity contribution is 8.00. The Morgan fingerprint density at radius 1 is 0.875 bits per heavy atom. The Hall–Kier alpha value is -1.69. The van der Waals surface area contributed by atoms with Gasteiger partial charge in [0, 0.05) is 20.9 Å². The van der Waals surface area contributed by atoms with Crippen LogP contribution in [0.15, 0.2) is 47.4 Å². The third-order valence-corrected chi connectivity index (χ3v) is 8.91. The molecule has 1 saturated heterocycles. The molecule has 1 heterocycles. The minimum absolute atomic E-state index is 0.383. The third-order valence-electron chi connectivity index (χ3n) is 7.51. The minimum Gasteiger partial charge on any atom is -0.495 e. The molecule has 0 radical (unpaired) electrons. The Labute approximate surface area is 196 Å². The van der Waals surface area contributed by atoms with Crippen LogP contribution in [-0.4, -0.2) is 30.7 Å². The van der Waals surface area contributed by atoms with Crippen molar-refractivity contribution in [2.75, 3.05) is 7.11 Å². The van der Waals surface area contributed by atoms with E-state index in [2.05, 4.69) is 70.2 Å². The van der Waals surface area contributed by atoms with Gasteiger partial charge in [-0.2, -0.15) is 0 Å². The second-order valence-electron chi connectivity index (χ2n) is 10.2. The van der Waals surface area contributed by atoms with Gasteiger partial charge in [0.05, 0.1) is 18.3 Å². The quantitative estimate of drug-likeness (QED) is 0.327. The van der Waals surface area contributed by atoms with Gasteiger partial charge >= 0.3 is 7.12 Å². The minimum atomic E-state index is -0.423. The number of benzene rings is 3. The molecule has 1 aliphatic carbocycles. The fourth-order valence-electron chi connectivity index (χ4n) is 5.01. The van der Waals surface area contributed by atoms with Gasteiger partial charge in [0.1, 0.15) is 5.75 Å². The number of thioether (sulfide) groups is 1. The van der Waals surface area contributed by atoms with E-state index in [1.165, 1.54) is 47.8 Å². The molecule has 3 aromatic carbocycles. The van der Waals surface area contributed by atoms with Crippen LogP contribution in [0.1, 0.15) is 59.8 Å². The standard InChI is InChI=1S/C27H33BO3S/c1-26(2)27(3,4)31-28(30-26)21-15-9-11-18-17-19-12-10-16-22(24(19)25(29-5)23(18)21)32-20-13-7-6-8-14-20/h9-12,15-17,20H,6-8,13-14H2,1-5H3. The van der Waals surface area contributed by atoms with Crippen LogP contribution in [0.3, 0.4) is 0 Å². The highest BCUT2D eigenvalue weighted by atomic mass is 32.2. The van der Waals surface area contributed by atoms with E-state index in [0.29, 0.717) is 5.25 Å². The average molecular weight is 448 g/mol. The maximum atomic E-state index is 6.44. The van der Waals surface area contributed by atoms with Gasteiger partial charge in [-0.05, 0) is 68.9 Å². The van der Waals surface area contributed by atoms with E-state index in [0.717, 1.165) is 22.0 Å². The summed E-state index contributed by atoms with van der Waals surface area (Å²) in [7, 11) is 1.37. The molecular formula is C27H33BO3S. The zero-order valence-electron chi connectivity index (χ0n) is 19.9. The van der Waals surface area contributed by atoms with Gasteiger partial charge in [-0.15, -0.1) is 11.8 Å². The molecule has 1 saturated carbocycles. The molecule has 0 unspecified atom stereocenters. The van der Waals surface area contributed by atoms with Crippen LogP contribution in [-0.2, 0) is 9.31 Å². The van der Waals surface area contributed by atoms with Crippen LogP contribution >= 0.6 is 11.8 Å². The van der Waals surface area contributed by atoms with Crippen molar-refractivity contribution in [3.05, 3.63) is 42.5 Å². The van der Waals surface area contributed by atoms with E-state index in [4.69, 9.17) is 14.0 Å². The van der Waals surface area contributed by atoms with Crippen molar-refractivity contribution in [3.8, 4) is 5.75 Å². The van der Waals surface area contributed by atoms with Crippen molar-refractivity contribution in [1.82, 2.24) is 0 Å². The number of hydrogen-bond donors (Lipinski definition) is 0. The summed E-state index contributed by atoms with van der Waals surface area (Å²) in [5.74, 6) is 0.932. The summed E-state index contributed by atoms with van der Waals surface area (Å²) in [4.78, 5) is 1.32. The van der Waals surface area contributed by atoms with Crippen molar-refractivity contribution in [3.63, 3.8) is 0 Å². The van der Waals surface area contributed by atoms with Crippen LogP contribution in [0.4, 0.5) is 0 Å². The van der Waals surface area contributed by atoms with Gasteiger partial charge in [-0.1, -0.05) is 49.6 Å². The lowest BCUT2D eigenvalue weighted by Crippen LogP contribution is -2.41. The van der Waals surface area contributed by atoms with Gasteiger partial charge in [-0.3, -0.25) is 0 Å². The fraction of sp³-hybridized carbons (Fsp3) is 0.481. The molecule has 3 nitrogen and oxygen atoms in total. The van der Waals surface area contributed by atoms with Crippen molar-refractivity contribution in [2.24, 2.45) is 0 Å². The molecule has 5 heteroatoms. The highest BCUT2D eigenvalue weighted by Gasteiger charge is 2.52. The van der Waals surface area contributed by atoms with E-state index in [1.54, 1.807) is 7.11 Å². The Morgan fingerprint density at radius 2 is 1.50 bits per heavy atom. The lowest BCUT2D eigenvalue weighted by molar-refractivity contribution is 0.00578. The fourth-order valence-corrected chi connectivity index (χ4v) is 6.42. The van der Waals surface area contributed by atoms with Crippen LogP contribution in [0.2, 0.25) is 0 Å². The zero-order valence-corrected chi connectivity index (χ0v) is 20.7. The van der Waals surface area contributed by atoms with Crippen molar-refractivity contribution in [1.29, 1.82) is 0 Å². The first-order valence-corrected chi connectivity index (χ1v) is 12.7. The third kappa shape index (κ3) is 3.72. The van der Waals surface area contributed by atoms with Gasteiger partial charge in [0.2, 0.25) is 0 Å². The number of fused-ring (bicyclic) bond motifs is 2. The maximum Gasteiger partial charge on any atom is 0.495 e. The average Bonchev–Trinajstić information content (AvgIpc) is 2.99. The van der Waals surface area contributed by atoms with Gasteiger partial charge in [0.25, 0.3) is 0 Å². The number of rotatable bonds is 4. The molecule has 0 aromatic heterocycles. The summed E-state index contributed by atoms with van der Waals surface area (Å²) in [5.41, 5.74) is 0.273. The predicted molar refractivity (Wildman–Crippen MR) is 136 cm³/mol. The molecule has 3 aromatic rings. The first-order valence-electron chi connectivity index (χ1n) is 11.9. The number of hydrogen-bond acceptors (Lipinski definition) is 4. The first-order chi connectivity index (χ1) is 15.3. The summed E-state index contributed by atoms with van der Waals surface area (Å²) in [5, 5.41) is 5.37. The van der Waals surface area contributed by atoms with Crippen molar-refractivity contribution < 1.29 is 14.0 Å². The molecule has 5 rings (SSSR count). The molecule has 0 amide bonds. The van der Waals surface area contributed by atoms with E-state index < -0.39 is 7.12 Å². The second kappa shape index (κ2) is 8.27. The molecule has 0 atom stereocenters. The molecule has 2 fully saturated rings. The van der Waals surface area contributed by atoms with Crippen LogP contribution < -0.4 is 10.2 Å². The maximum absolute atomic E-state index is 6.44. The van der Waals surface area contributed by atoms with E-state index in [1.807, 2.05) is 11.8 Å². The van der Waals surface area contributed by atoms with E-state index >= 15 is 0 Å². The first kappa shape index (κ1) is 22.1. The molecule has 0 N–H and O–H groups in total. The van der Waals surface area contributed by atoms with Gasteiger partial charge < -0.3 is 14.0 Å². The Morgan fingerprint density at radius 3 is 2.16 bits per heavy atom. The van der Waals surface area contributed by atoms with Crippen LogP contribution in [0.25, 0.3) is 21.5 Å². The summed E-state index contributed by atoms with van der Waals surface area (Å²) >= 11 is 2.03. The number of ether oxygens (including phenoxy) is 1. The summed E-state index contributed by atoms with van der Waals surface area (Å²) in [6.07, 6.45) is 6.66. The Bertz CT molecular complexity index is 1130. The van der Waals surface area contributed by atoms with Gasteiger partial charge in [0.15, 0.2) is 0 Å². The summed E-state index contributed by atoms with van der Waals surface area (Å²) in [6.45, 7) is 8.40. The Kier molecular flexibility index (Phi) is 5.72. The second-order valence-corrected chi connectivity index (χ2v) is 11.5. The topological polar surface area (TPSA) is 27.7 Å². The normalized spacial score (nSPS) is 20.8. The smallest absolute Gasteiger partial charge is 0.495 e. The largest absolute Gasteiger partial charge is 0.495 e. The lowest BCUT2D eigenvalue weighted by atomic mass is 9.75. The van der Waals surface area contributed by atoms with E-state index in [9.17, 15) is 0 Å². The summed E-state index contributed by atoms with van der Waals surface area (Å²) in [6, 6.07) is 15.3. The molecule has 0 spiro atoms. The Balaban J connectivity index is 1.68. The molecule has 168 valence electrons. The summed E-state index contributed by atoms with van der Waals surface area (Å²) < 4.78 is 19.0. The van der Waals surface area contributed by atoms with Crippen LogP contribution in [0, 0.1) is 0 Å². The van der Waals surface area contributed by atoms with E-state index in [-0.39, 0.29) is 11.2 Å². The van der Waals surface area contributed by atoms with Crippen LogP contribution in [0.5, 0.6) is 5.75 Å². The molecule has 0 bridgehead atoms. The van der Waals surface area contributed by atoms with Crippen molar-refractivity contribution >= 4 is 45.9 Å². The monoisotopic (exact) mass is 448 g/mol. The SMILES string of the molecule is COc1c2c(SC3CCCCC3)cccc2cc2cccc(B3OC(C)(C)C(C)(C)O3)c12. The molecule has 2 aliphatic rings. The zero-order chi connectivity index (χ0) is 22.5. The number of methoxy groups -OCH3 is 1. The highest BCUT2D eigenvalue weighted by Crippen LogP contribution is 2.44. The molecule has 32 heavy (non-hydrogen) atoms.